The highest BCUT2D eigenvalue weighted by Crippen LogP contribution is 2.19. The lowest BCUT2D eigenvalue weighted by Gasteiger charge is -2.32. The summed E-state index contributed by atoms with van der Waals surface area (Å²) in [6.07, 6.45) is 3.87. The van der Waals surface area contributed by atoms with Gasteiger partial charge in [-0.25, -0.2) is 0 Å². The number of piperidine rings is 1. The van der Waals surface area contributed by atoms with E-state index in [1.165, 1.54) is 6.42 Å². The molecule has 3 nitrogen and oxygen atoms in total. The van der Waals surface area contributed by atoms with Crippen LogP contribution in [0.15, 0.2) is 0 Å². The highest BCUT2D eigenvalue weighted by Gasteiger charge is 2.26. The first kappa shape index (κ1) is 12.0. The van der Waals surface area contributed by atoms with Crippen LogP contribution in [-0.4, -0.2) is 23.9 Å². The predicted molar refractivity (Wildman–Crippen MR) is 59.0 cm³/mol. The topological polar surface area (TPSA) is 44.1 Å². The molecule has 2 unspecified atom stereocenters. The largest absolute Gasteiger partial charge is 0.341 e. The van der Waals surface area contributed by atoms with Gasteiger partial charge < -0.3 is 4.90 Å². The van der Waals surface area contributed by atoms with E-state index in [4.69, 9.17) is 5.26 Å². The number of carbonyl (C=O) groups is 1. The van der Waals surface area contributed by atoms with E-state index in [2.05, 4.69) is 13.0 Å². The number of nitriles is 1. The number of likely N-dealkylation sites (tertiary alicyclic amines) is 1. The van der Waals surface area contributed by atoms with Crippen LogP contribution in [0, 0.1) is 23.2 Å². The minimum atomic E-state index is -0.416. The van der Waals surface area contributed by atoms with Gasteiger partial charge in [0, 0.05) is 13.1 Å². The summed E-state index contributed by atoms with van der Waals surface area (Å²) in [5, 5.41) is 8.93. The fourth-order valence-electron chi connectivity index (χ4n) is 2.14. The van der Waals surface area contributed by atoms with Crippen LogP contribution in [0.4, 0.5) is 0 Å². The van der Waals surface area contributed by atoms with Crippen molar-refractivity contribution in [1.29, 1.82) is 5.26 Å². The van der Waals surface area contributed by atoms with Crippen LogP contribution >= 0.6 is 0 Å². The van der Waals surface area contributed by atoms with Gasteiger partial charge in [-0.3, -0.25) is 4.79 Å². The van der Waals surface area contributed by atoms with Gasteiger partial charge >= 0.3 is 0 Å². The molecule has 1 saturated heterocycles. The van der Waals surface area contributed by atoms with E-state index in [1.807, 2.05) is 11.8 Å². The monoisotopic (exact) mass is 208 g/mol. The third kappa shape index (κ3) is 3.23. The summed E-state index contributed by atoms with van der Waals surface area (Å²) in [7, 11) is 0. The van der Waals surface area contributed by atoms with Crippen molar-refractivity contribution in [2.24, 2.45) is 11.8 Å². The van der Waals surface area contributed by atoms with E-state index >= 15 is 0 Å². The second-order valence-electron chi connectivity index (χ2n) is 4.50. The predicted octanol–water partition coefficient (Wildman–Crippen LogP) is 2.18. The number of rotatable bonds is 3. The summed E-state index contributed by atoms with van der Waals surface area (Å²) in [5.41, 5.74) is 0. The lowest BCUT2D eigenvalue weighted by molar-refractivity contribution is -0.135. The molecule has 0 aromatic carbocycles. The van der Waals surface area contributed by atoms with E-state index in [9.17, 15) is 4.79 Å². The molecule has 1 heterocycles. The molecular weight excluding hydrogens is 188 g/mol. The lowest BCUT2D eigenvalue weighted by atomic mass is 9.97. The molecule has 1 rings (SSSR count). The minimum Gasteiger partial charge on any atom is -0.341 e. The van der Waals surface area contributed by atoms with Crippen molar-refractivity contribution in [1.82, 2.24) is 4.90 Å². The summed E-state index contributed by atoms with van der Waals surface area (Å²) < 4.78 is 0. The maximum absolute atomic E-state index is 12.0. The van der Waals surface area contributed by atoms with Crippen molar-refractivity contribution in [3.8, 4) is 6.07 Å². The SMILES string of the molecule is CCCC(C#N)C(=O)N1CCCC(C)C1. The van der Waals surface area contributed by atoms with Gasteiger partial charge in [-0.05, 0) is 25.2 Å². The zero-order valence-electron chi connectivity index (χ0n) is 9.70. The molecule has 0 aliphatic carbocycles. The molecule has 0 N–H and O–H groups in total. The molecule has 84 valence electrons. The Morgan fingerprint density at radius 2 is 2.40 bits per heavy atom. The molecule has 1 aliphatic heterocycles. The van der Waals surface area contributed by atoms with Gasteiger partial charge in [0.25, 0.3) is 0 Å². The molecule has 2 atom stereocenters. The maximum atomic E-state index is 12.0. The summed E-state index contributed by atoms with van der Waals surface area (Å²) >= 11 is 0. The molecule has 0 bridgehead atoms. The Kier molecular flexibility index (Phi) is 4.61. The zero-order valence-corrected chi connectivity index (χ0v) is 9.70. The number of hydrogen-bond donors (Lipinski definition) is 0. The van der Waals surface area contributed by atoms with Crippen molar-refractivity contribution in [2.45, 2.75) is 39.5 Å². The quantitative estimate of drug-likeness (QED) is 0.713. The average Bonchev–Trinajstić information content (AvgIpc) is 2.25. The highest BCUT2D eigenvalue weighted by molar-refractivity contribution is 5.81. The molecular formula is C12H20N2O. The summed E-state index contributed by atoms with van der Waals surface area (Å²) in [6, 6.07) is 2.12. The van der Waals surface area contributed by atoms with Crippen molar-refractivity contribution in [2.75, 3.05) is 13.1 Å². The van der Waals surface area contributed by atoms with E-state index in [0.29, 0.717) is 12.3 Å². The molecule has 0 radical (unpaired) electrons. The van der Waals surface area contributed by atoms with E-state index in [1.54, 1.807) is 0 Å². The van der Waals surface area contributed by atoms with Crippen LogP contribution in [0.25, 0.3) is 0 Å². The normalized spacial score (nSPS) is 23.3. The first-order chi connectivity index (χ1) is 7.19. The van der Waals surface area contributed by atoms with Crippen LogP contribution in [0.1, 0.15) is 39.5 Å². The van der Waals surface area contributed by atoms with Gasteiger partial charge in [-0.2, -0.15) is 5.26 Å². The zero-order chi connectivity index (χ0) is 11.3. The first-order valence-electron chi connectivity index (χ1n) is 5.87. The standard InChI is InChI=1S/C12H20N2O/c1-3-5-11(8-13)12(15)14-7-4-6-10(2)9-14/h10-11H,3-7,9H2,1-2H3. The van der Waals surface area contributed by atoms with Crippen LogP contribution in [0.5, 0.6) is 0 Å². The molecule has 1 amide bonds. The smallest absolute Gasteiger partial charge is 0.239 e. The molecule has 0 aromatic heterocycles. The Hall–Kier alpha value is -1.04. The number of nitrogens with zero attached hydrogens (tertiary/aromatic N) is 2. The van der Waals surface area contributed by atoms with Crippen LogP contribution < -0.4 is 0 Å². The lowest BCUT2D eigenvalue weighted by Crippen LogP contribution is -2.42. The van der Waals surface area contributed by atoms with Gasteiger partial charge in [-0.1, -0.05) is 20.3 Å². The highest BCUT2D eigenvalue weighted by atomic mass is 16.2. The Balaban J connectivity index is 2.54. The molecule has 3 heteroatoms. The Labute approximate surface area is 92.1 Å². The van der Waals surface area contributed by atoms with Gasteiger partial charge in [0.15, 0.2) is 0 Å². The molecule has 0 aromatic rings. The number of carbonyl (C=O) groups excluding carboxylic acids is 1. The fourth-order valence-corrected chi connectivity index (χ4v) is 2.14. The molecule has 1 fully saturated rings. The molecule has 0 saturated carbocycles. The summed E-state index contributed by atoms with van der Waals surface area (Å²) in [6.45, 7) is 5.85. The maximum Gasteiger partial charge on any atom is 0.239 e. The number of amides is 1. The van der Waals surface area contributed by atoms with Crippen molar-refractivity contribution >= 4 is 5.91 Å². The van der Waals surface area contributed by atoms with E-state index in [-0.39, 0.29) is 5.91 Å². The van der Waals surface area contributed by atoms with Crippen LogP contribution in [0.3, 0.4) is 0 Å². The van der Waals surface area contributed by atoms with Crippen molar-refractivity contribution < 1.29 is 4.79 Å². The fraction of sp³-hybridized carbons (Fsp3) is 0.833. The van der Waals surface area contributed by atoms with Crippen molar-refractivity contribution in [3.05, 3.63) is 0 Å². The van der Waals surface area contributed by atoms with Gasteiger partial charge in [0.2, 0.25) is 5.91 Å². The van der Waals surface area contributed by atoms with Gasteiger partial charge in [-0.15, -0.1) is 0 Å². The van der Waals surface area contributed by atoms with Gasteiger partial charge in [0.1, 0.15) is 5.92 Å². The third-order valence-electron chi connectivity index (χ3n) is 3.00. The summed E-state index contributed by atoms with van der Waals surface area (Å²) in [5.74, 6) is 0.217. The van der Waals surface area contributed by atoms with E-state index in [0.717, 1.165) is 25.9 Å². The van der Waals surface area contributed by atoms with E-state index < -0.39 is 5.92 Å². The first-order valence-corrected chi connectivity index (χ1v) is 5.87. The molecule has 0 spiro atoms. The van der Waals surface area contributed by atoms with Crippen LogP contribution in [0.2, 0.25) is 0 Å². The Morgan fingerprint density at radius 3 is 2.93 bits per heavy atom. The Morgan fingerprint density at radius 1 is 1.67 bits per heavy atom. The average molecular weight is 208 g/mol. The van der Waals surface area contributed by atoms with Crippen molar-refractivity contribution in [3.63, 3.8) is 0 Å². The molecule has 1 aliphatic rings. The van der Waals surface area contributed by atoms with Crippen LogP contribution in [-0.2, 0) is 4.79 Å². The number of hydrogen-bond acceptors (Lipinski definition) is 2. The minimum absolute atomic E-state index is 0.0471. The van der Waals surface area contributed by atoms with Gasteiger partial charge in [0.05, 0.1) is 6.07 Å². The second-order valence-corrected chi connectivity index (χ2v) is 4.50. The third-order valence-corrected chi connectivity index (χ3v) is 3.00. The molecule has 15 heavy (non-hydrogen) atoms. The summed E-state index contributed by atoms with van der Waals surface area (Å²) in [4.78, 5) is 13.8. The Bertz CT molecular complexity index is 257. The second kappa shape index (κ2) is 5.75.